The van der Waals surface area contributed by atoms with Crippen LogP contribution in [-0.2, 0) is 4.79 Å². The minimum absolute atomic E-state index is 0.296. The molecule has 1 atom stereocenters. The Hall–Kier alpha value is -3.48. The molecule has 2 aromatic carbocycles. The van der Waals surface area contributed by atoms with Crippen molar-refractivity contribution in [3.63, 3.8) is 0 Å². The van der Waals surface area contributed by atoms with Crippen molar-refractivity contribution in [1.82, 2.24) is 14.8 Å². The highest BCUT2D eigenvalue weighted by Gasteiger charge is 2.22. The highest BCUT2D eigenvalue weighted by Crippen LogP contribution is 2.21. The number of anilines is 1. The van der Waals surface area contributed by atoms with Crippen LogP contribution in [0.3, 0.4) is 0 Å². The molecule has 0 aliphatic carbocycles. The van der Waals surface area contributed by atoms with Crippen molar-refractivity contribution in [2.45, 2.75) is 33.2 Å². The van der Waals surface area contributed by atoms with Crippen molar-refractivity contribution in [2.75, 3.05) is 12.4 Å². The SMILES string of the molecule is CCC(C(=O)Nc1cccc(C)c1C)n1ncc(-c2ccc(OC)cc2)nc1=O. The molecule has 1 aromatic heterocycles. The van der Waals surface area contributed by atoms with Gasteiger partial charge in [-0.3, -0.25) is 4.79 Å². The number of hydrogen-bond acceptors (Lipinski definition) is 5. The molecule has 0 fully saturated rings. The number of nitrogens with zero attached hydrogens (tertiary/aromatic N) is 3. The molecule has 3 aromatic rings. The number of ether oxygens (including phenoxy) is 1. The lowest BCUT2D eigenvalue weighted by molar-refractivity contribution is -0.119. The van der Waals surface area contributed by atoms with Crippen LogP contribution in [0.2, 0.25) is 0 Å². The molecule has 29 heavy (non-hydrogen) atoms. The number of aryl methyl sites for hydroxylation is 1. The van der Waals surface area contributed by atoms with Crippen molar-refractivity contribution in [3.05, 3.63) is 70.3 Å². The molecule has 0 aliphatic heterocycles. The average Bonchev–Trinajstić information content (AvgIpc) is 2.73. The second kappa shape index (κ2) is 8.68. The van der Waals surface area contributed by atoms with Crippen molar-refractivity contribution in [2.24, 2.45) is 0 Å². The quantitative estimate of drug-likeness (QED) is 0.694. The van der Waals surface area contributed by atoms with E-state index in [0.29, 0.717) is 17.9 Å². The lowest BCUT2D eigenvalue weighted by atomic mass is 10.1. The van der Waals surface area contributed by atoms with Gasteiger partial charge in [0.05, 0.1) is 19.0 Å². The zero-order valence-electron chi connectivity index (χ0n) is 17.0. The number of methoxy groups -OCH3 is 1. The van der Waals surface area contributed by atoms with Gasteiger partial charge >= 0.3 is 5.69 Å². The molecule has 7 heteroatoms. The van der Waals surface area contributed by atoms with E-state index in [1.54, 1.807) is 31.4 Å². The molecule has 1 heterocycles. The van der Waals surface area contributed by atoms with Crippen molar-refractivity contribution >= 4 is 11.6 Å². The van der Waals surface area contributed by atoms with Crippen LogP contribution in [0.1, 0.15) is 30.5 Å². The average molecular weight is 392 g/mol. The minimum Gasteiger partial charge on any atom is -0.497 e. The van der Waals surface area contributed by atoms with Gasteiger partial charge in [0.2, 0.25) is 5.91 Å². The summed E-state index contributed by atoms with van der Waals surface area (Å²) in [6, 6.07) is 12.1. The Morgan fingerprint density at radius 1 is 1.17 bits per heavy atom. The summed E-state index contributed by atoms with van der Waals surface area (Å²) in [6.45, 7) is 5.76. The van der Waals surface area contributed by atoms with Gasteiger partial charge in [0.25, 0.3) is 0 Å². The van der Waals surface area contributed by atoms with Gasteiger partial charge in [-0.15, -0.1) is 0 Å². The standard InChI is InChI=1S/C22H24N4O3/c1-5-20(21(27)24-18-8-6-7-14(2)15(18)3)26-22(28)25-19(13-23-26)16-9-11-17(29-4)12-10-16/h6-13,20H,5H2,1-4H3,(H,24,27). The lowest BCUT2D eigenvalue weighted by Crippen LogP contribution is -2.36. The molecule has 150 valence electrons. The smallest absolute Gasteiger partial charge is 0.365 e. The second-order valence-electron chi connectivity index (χ2n) is 6.76. The van der Waals surface area contributed by atoms with Crippen LogP contribution in [0.15, 0.2) is 53.5 Å². The maximum atomic E-state index is 12.8. The lowest BCUT2D eigenvalue weighted by Gasteiger charge is -2.18. The number of nitrogens with one attached hydrogen (secondary N) is 1. The zero-order chi connectivity index (χ0) is 21.0. The number of rotatable bonds is 6. The van der Waals surface area contributed by atoms with Gasteiger partial charge in [0.1, 0.15) is 11.8 Å². The van der Waals surface area contributed by atoms with Gasteiger partial charge in [0, 0.05) is 11.3 Å². The van der Waals surface area contributed by atoms with Crippen LogP contribution in [-0.4, -0.2) is 27.8 Å². The Bertz CT molecular complexity index is 1070. The van der Waals surface area contributed by atoms with Gasteiger partial charge < -0.3 is 10.1 Å². The molecule has 7 nitrogen and oxygen atoms in total. The van der Waals surface area contributed by atoms with E-state index in [1.165, 1.54) is 6.20 Å². The highest BCUT2D eigenvalue weighted by atomic mass is 16.5. The Morgan fingerprint density at radius 3 is 2.52 bits per heavy atom. The fourth-order valence-corrected chi connectivity index (χ4v) is 3.04. The van der Waals surface area contributed by atoms with Crippen LogP contribution in [0.4, 0.5) is 5.69 Å². The van der Waals surface area contributed by atoms with Crippen LogP contribution in [0.5, 0.6) is 5.75 Å². The maximum absolute atomic E-state index is 12.8. The summed E-state index contributed by atoms with van der Waals surface area (Å²) in [5, 5.41) is 7.13. The summed E-state index contributed by atoms with van der Waals surface area (Å²) in [5.74, 6) is 0.416. The molecular formula is C22H24N4O3. The number of carbonyl (C=O) groups excluding carboxylic acids is 1. The summed E-state index contributed by atoms with van der Waals surface area (Å²) in [5.41, 5.74) is 3.42. The molecule has 1 amide bonds. The van der Waals surface area contributed by atoms with E-state index in [2.05, 4.69) is 15.4 Å². The summed E-state index contributed by atoms with van der Waals surface area (Å²) in [7, 11) is 1.59. The zero-order valence-corrected chi connectivity index (χ0v) is 17.0. The predicted molar refractivity (Wildman–Crippen MR) is 112 cm³/mol. The van der Waals surface area contributed by atoms with Gasteiger partial charge in [-0.05, 0) is 61.7 Å². The molecule has 0 aliphatic rings. The van der Waals surface area contributed by atoms with Crippen molar-refractivity contribution in [3.8, 4) is 17.0 Å². The number of amides is 1. The molecule has 0 radical (unpaired) electrons. The first kappa shape index (κ1) is 20.3. The molecule has 1 unspecified atom stereocenters. The molecule has 0 saturated carbocycles. The van der Waals surface area contributed by atoms with Crippen LogP contribution in [0, 0.1) is 13.8 Å². The monoisotopic (exact) mass is 392 g/mol. The number of carbonyl (C=O) groups is 1. The van der Waals surface area contributed by atoms with Gasteiger partial charge in [-0.2, -0.15) is 10.1 Å². The normalized spacial score (nSPS) is 11.7. The molecule has 3 rings (SSSR count). The highest BCUT2D eigenvalue weighted by molar-refractivity contribution is 5.94. The molecule has 1 N–H and O–H groups in total. The number of aromatic nitrogens is 3. The molecule has 0 bridgehead atoms. The first-order valence-corrected chi connectivity index (χ1v) is 9.42. The Kier molecular flexibility index (Phi) is 6.07. The largest absolute Gasteiger partial charge is 0.497 e. The van der Waals surface area contributed by atoms with E-state index in [0.717, 1.165) is 27.1 Å². The van der Waals surface area contributed by atoms with E-state index in [4.69, 9.17) is 4.74 Å². The number of benzene rings is 2. The van der Waals surface area contributed by atoms with E-state index in [9.17, 15) is 9.59 Å². The fraction of sp³-hybridized carbons (Fsp3) is 0.273. The van der Waals surface area contributed by atoms with Crippen molar-refractivity contribution in [1.29, 1.82) is 0 Å². The summed E-state index contributed by atoms with van der Waals surface area (Å²) in [4.78, 5) is 29.5. The fourth-order valence-electron chi connectivity index (χ4n) is 3.04. The van der Waals surface area contributed by atoms with Crippen LogP contribution >= 0.6 is 0 Å². The Labute approximate surface area is 169 Å². The third-order valence-electron chi connectivity index (χ3n) is 4.95. The topological polar surface area (TPSA) is 86.1 Å². The molecule has 0 spiro atoms. The third-order valence-corrected chi connectivity index (χ3v) is 4.95. The Balaban J connectivity index is 1.86. The minimum atomic E-state index is -0.750. The van der Waals surface area contributed by atoms with E-state index in [-0.39, 0.29) is 5.91 Å². The summed E-state index contributed by atoms with van der Waals surface area (Å²) >= 11 is 0. The van der Waals surface area contributed by atoms with Crippen molar-refractivity contribution < 1.29 is 9.53 Å². The van der Waals surface area contributed by atoms with E-state index >= 15 is 0 Å². The van der Waals surface area contributed by atoms with Gasteiger partial charge in [-0.25, -0.2) is 9.48 Å². The molecular weight excluding hydrogens is 368 g/mol. The van der Waals surface area contributed by atoms with E-state index in [1.807, 2.05) is 39.0 Å². The Morgan fingerprint density at radius 2 is 1.90 bits per heavy atom. The summed E-state index contributed by atoms with van der Waals surface area (Å²) in [6.07, 6.45) is 1.91. The van der Waals surface area contributed by atoms with Crippen LogP contribution in [0.25, 0.3) is 11.3 Å². The molecule has 0 saturated heterocycles. The maximum Gasteiger partial charge on any atom is 0.365 e. The predicted octanol–water partition coefficient (Wildman–Crippen LogP) is 3.52. The first-order valence-electron chi connectivity index (χ1n) is 9.42. The summed E-state index contributed by atoms with van der Waals surface area (Å²) < 4.78 is 6.27. The second-order valence-corrected chi connectivity index (χ2v) is 6.76. The third kappa shape index (κ3) is 4.34. The first-order chi connectivity index (χ1) is 13.9. The van der Waals surface area contributed by atoms with Gasteiger partial charge in [0.15, 0.2) is 0 Å². The number of hydrogen-bond donors (Lipinski definition) is 1. The van der Waals surface area contributed by atoms with E-state index < -0.39 is 11.7 Å². The van der Waals surface area contributed by atoms with Gasteiger partial charge in [-0.1, -0.05) is 19.1 Å². The van der Waals surface area contributed by atoms with Crippen LogP contribution < -0.4 is 15.7 Å².